The minimum atomic E-state index is -0.487. The average Bonchev–Trinajstić information content (AvgIpc) is 2.42. The first-order chi connectivity index (χ1) is 9.54. The minimum Gasteiger partial charge on any atom is -0.456 e. The number of hydrogen-bond donors (Lipinski definition) is 1. The first kappa shape index (κ1) is 12.7. The Morgan fingerprint density at radius 2 is 1.90 bits per heavy atom. The Morgan fingerprint density at radius 3 is 2.70 bits per heavy atom. The van der Waals surface area contributed by atoms with E-state index < -0.39 is 5.82 Å². The van der Waals surface area contributed by atoms with Crippen molar-refractivity contribution in [2.45, 2.75) is 0 Å². The summed E-state index contributed by atoms with van der Waals surface area (Å²) in [6.45, 7) is 0. The highest BCUT2D eigenvalue weighted by Gasteiger charge is 2.11. The van der Waals surface area contributed by atoms with E-state index in [1.54, 1.807) is 18.2 Å². The molecule has 0 spiro atoms. The van der Waals surface area contributed by atoms with Crippen molar-refractivity contribution in [3.63, 3.8) is 0 Å². The Kier molecular flexibility index (Phi) is 2.95. The second-order valence-corrected chi connectivity index (χ2v) is 4.76. The third-order valence-corrected chi connectivity index (χ3v) is 3.27. The molecule has 1 aromatic heterocycles. The van der Waals surface area contributed by atoms with Gasteiger partial charge in [0.05, 0.1) is 10.4 Å². The van der Waals surface area contributed by atoms with Crippen LogP contribution in [-0.2, 0) is 0 Å². The monoisotopic (exact) mass is 289 g/mol. The van der Waals surface area contributed by atoms with Crippen molar-refractivity contribution >= 4 is 28.3 Å². The number of nitrogens with two attached hydrogens (primary N) is 1. The summed E-state index contributed by atoms with van der Waals surface area (Å²) in [7, 11) is 0. The first-order valence-electron chi connectivity index (χ1n) is 5.83. The van der Waals surface area contributed by atoms with Crippen molar-refractivity contribution in [2.75, 3.05) is 5.73 Å². The van der Waals surface area contributed by atoms with E-state index in [0.717, 1.165) is 6.07 Å². The van der Waals surface area contributed by atoms with Crippen LogP contribution in [0.25, 0.3) is 22.3 Å². The van der Waals surface area contributed by atoms with Crippen LogP contribution in [0.1, 0.15) is 0 Å². The van der Waals surface area contributed by atoms with Gasteiger partial charge in [0.25, 0.3) is 0 Å². The molecule has 0 bridgehead atoms. The van der Waals surface area contributed by atoms with E-state index >= 15 is 0 Å². The van der Waals surface area contributed by atoms with Crippen molar-refractivity contribution in [1.82, 2.24) is 0 Å². The van der Waals surface area contributed by atoms with E-state index in [1.165, 1.54) is 18.2 Å². The van der Waals surface area contributed by atoms with Crippen LogP contribution < -0.4 is 11.2 Å². The van der Waals surface area contributed by atoms with Gasteiger partial charge in [-0.1, -0.05) is 11.6 Å². The number of anilines is 1. The number of fused-ring (bicyclic) bond motifs is 1. The summed E-state index contributed by atoms with van der Waals surface area (Å²) in [5.74, 6) is -0.189. The smallest absolute Gasteiger partial charge is 0.193 e. The van der Waals surface area contributed by atoms with Gasteiger partial charge in [-0.15, -0.1) is 0 Å². The molecule has 0 fully saturated rings. The van der Waals surface area contributed by atoms with Crippen molar-refractivity contribution in [3.05, 3.63) is 63.5 Å². The highest BCUT2D eigenvalue weighted by molar-refractivity contribution is 6.33. The third kappa shape index (κ3) is 2.14. The Morgan fingerprint density at radius 1 is 1.10 bits per heavy atom. The predicted octanol–water partition coefficient (Wildman–Crippen LogP) is 3.83. The number of hydrogen-bond acceptors (Lipinski definition) is 3. The van der Waals surface area contributed by atoms with Gasteiger partial charge in [0.15, 0.2) is 5.43 Å². The molecule has 2 N–H and O–H groups in total. The van der Waals surface area contributed by atoms with E-state index in [-0.39, 0.29) is 10.8 Å². The lowest BCUT2D eigenvalue weighted by atomic mass is 10.1. The Balaban J connectivity index is 2.30. The van der Waals surface area contributed by atoms with Crippen LogP contribution >= 0.6 is 11.6 Å². The normalized spacial score (nSPS) is 10.9. The molecule has 5 heteroatoms. The number of benzene rings is 2. The van der Waals surface area contributed by atoms with Gasteiger partial charge in [-0.05, 0) is 36.4 Å². The molecule has 100 valence electrons. The van der Waals surface area contributed by atoms with Crippen molar-refractivity contribution in [3.8, 4) is 11.3 Å². The van der Waals surface area contributed by atoms with Crippen molar-refractivity contribution in [1.29, 1.82) is 0 Å². The summed E-state index contributed by atoms with van der Waals surface area (Å²) in [6, 6.07) is 9.97. The molecule has 3 rings (SSSR count). The summed E-state index contributed by atoms with van der Waals surface area (Å²) in [4.78, 5) is 12.0. The number of rotatable bonds is 1. The Hall–Kier alpha value is -2.33. The molecule has 0 unspecified atom stereocenters. The standard InChI is InChI=1S/C15H9ClFNO2/c16-12-3-2-9(18)6-10(12)15-7-13(19)11-5-8(17)1-4-14(11)20-15/h1-7H,18H2. The van der Waals surface area contributed by atoms with Crippen LogP contribution in [0.2, 0.25) is 5.02 Å². The van der Waals surface area contributed by atoms with Crippen LogP contribution in [0.5, 0.6) is 0 Å². The van der Waals surface area contributed by atoms with Gasteiger partial charge in [-0.25, -0.2) is 4.39 Å². The lowest BCUT2D eigenvalue weighted by Crippen LogP contribution is -2.01. The van der Waals surface area contributed by atoms with Crippen LogP contribution in [0, 0.1) is 5.82 Å². The highest BCUT2D eigenvalue weighted by Crippen LogP contribution is 2.30. The SMILES string of the molecule is Nc1ccc(Cl)c(-c2cc(=O)c3cc(F)ccc3o2)c1. The maximum absolute atomic E-state index is 13.1. The van der Waals surface area contributed by atoms with E-state index in [9.17, 15) is 9.18 Å². The van der Waals surface area contributed by atoms with Gasteiger partial charge in [0.1, 0.15) is 17.2 Å². The minimum absolute atomic E-state index is 0.189. The fraction of sp³-hybridized carbons (Fsp3) is 0. The lowest BCUT2D eigenvalue weighted by molar-refractivity contribution is 0.608. The van der Waals surface area contributed by atoms with Crippen molar-refractivity contribution < 1.29 is 8.81 Å². The highest BCUT2D eigenvalue weighted by atomic mass is 35.5. The fourth-order valence-electron chi connectivity index (χ4n) is 1.99. The zero-order chi connectivity index (χ0) is 14.3. The second-order valence-electron chi connectivity index (χ2n) is 4.35. The second kappa shape index (κ2) is 4.65. The van der Waals surface area contributed by atoms with Gasteiger partial charge in [-0.2, -0.15) is 0 Å². The molecule has 20 heavy (non-hydrogen) atoms. The molecule has 0 amide bonds. The van der Waals surface area contributed by atoms with Crippen molar-refractivity contribution in [2.24, 2.45) is 0 Å². The molecule has 0 aliphatic rings. The predicted molar refractivity (Wildman–Crippen MR) is 77.3 cm³/mol. The van der Waals surface area contributed by atoms with Gasteiger partial charge in [0, 0.05) is 17.3 Å². The van der Waals surface area contributed by atoms with E-state index in [0.29, 0.717) is 27.6 Å². The van der Waals surface area contributed by atoms with E-state index in [1.807, 2.05) is 0 Å². The molecule has 3 aromatic rings. The maximum atomic E-state index is 13.1. The molecule has 3 nitrogen and oxygen atoms in total. The zero-order valence-electron chi connectivity index (χ0n) is 10.2. The number of nitrogen functional groups attached to an aromatic ring is 1. The first-order valence-corrected chi connectivity index (χ1v) is 6.21. The van der Waals surface area contributed by atoms with Crippen LogP contribution in [0.4, 0.5) is 10.1 Å². The summed E-state index contributed by atoms with van der Waals surface area (Å²) in [6.07, 6.45) is 0. The third-order valence-electron chi connectivity index (χ3n) is 2.95. The Labute approximate surface area is 118 Å². The van der Waals surface area contributed by atoms with Gasteiger partial charge >= 0.3 is 0 Å². The summed E-state index contributed by atoms with van der Waals surface area (Å²) >= 11 is 6.08. The quantitative estimate of drug-likeness (QED) is 0.693. The molecular formula is C15H9ClFNO2. The van der Waals surface area contributed by atoms with Gasteiger partial charge < -0.3 is 10.2 Å². The molecule has 0 aliphatic carbocycles. The molecule has 0 radical (unpaired) electrons. The molecule has 0 saturated heterocycles. The largest absolute Gasteiger partial charge is 0.456 e. The topological polar surface area (TPSA) is 56.2 Å². The van der Waals surface area contributed by atoms with Gasteiger partial charge in [0.2, 0.25) is 0 Å². The maximum Gasteiger partial charge on any atom is 0.193 e. The van der Waals surface area contributed by atoms with Crippen LogP contribution in [-0.4, -0.2) is 0 Å². The fourth-order valence-corrected chi connectivity index (χ4v) is 2.20. The zero-order valence-corrected chi connectivity index (χ0v) is 10.9. The van der Waals surface area contributed by atoms with Crippen LogP contribution in [0.3, 0.4) is 0 Å². The summed E-state index contributed by atoms with van der Waals surface area (Å²) in [5, 5.41) is 0.609. The molecule has 1 heterocycles. The lowest BCUT2D eigenvalue weighted by Gasteiger charge is -2.06. The molecular weight excluding hydrogens is 281 g/mol. The summed E-state index contributed by atoms with van der Waals surface area (Å²) < 4.78 is 18.8. The molecule has 0 aliphatic heterocycles. The molecule has 0 saturated carbocycles. The van der Waals surface area contributed by atoms with Gasteiger partial charge in [-0.3, -0.25) is 4.79 Å². The Bertz CT molecular complexity index is 873. The molecule has 0 atom stereocenters. The number of halogens is 2. The summed E-state index contributed by atoms with van der Waals surface area (Å²) in [5.41, 5.74) is 6.70. The van der Waals surface area contributed by atoms with E-state index in [2.05, 4.69) is 0 Å². The average molecular weight is 290 g/mol. The van der Waals surface area contributed by atoms with Crippen LogP contribution in [0.15, 0.2) is 51.7 Å². The van der Waals surface area contributed by atoms with E-state index in [4.69, 9.17) is 21.8 Å². The molecule has 2 aromatic carbocycles.